The Hall–Kier alpha value is -3.49. The molecule has 4 aromatic rings. The predicted molar refractivity (Wildman–Crippen MR) is 128 cm³/mol. The van der Waals surface area contributed by atoms with Crippen LogP contribution in [0.1, 0.15) is 39.5 Å². The van der Waals surface area contributed by atoms with Gasteiger partial charge in [0.05, 0.1) is 0 Å². The molecule has 2 atom stereocenters. The highest BCUT2D eigenvalue weighted by Crippen LogP contribution is 2.59. The largest absolute Gasteiger partial charge is 0.291 e. The van der Waals surface area contributed by atoms with Crippen LogP contribution in [0.3, 0.4) is 0 Å². The van der Waals surface area contributed by atoms with E-state index >= 15 is 0 Å². The third-order valence-corrected chi connectivity index (χ3v) is 7.87. The van der Waals surface area contributed by atoms with E-state index in [9.17, 15) is 4.79 Å². The number of fused-ring (bicyclic) bond motifs is 4. The van der Waals surface area contributed by atoms with E-state index in [1.165, 1.54) is 22.3 Å². The van der Waals surface area contributed by atoms with E-state index < -0.39 is 5.54 Å². The number of hydrogen-bond donors (Lipinski definition) is 0. The number of carbonyl (C=O) groups excluding carboxylic acids is 1. The third kappa shape index (κ3) is 2.06. The molecule has 0 saturated heterocycles. The monoisotopic (exact) mass is 413 g/mol. The lowest BCUT2D eigenvalue weighted by molar-refractivity contribution is 0.0626. The Bertz CT molecular complexity index is 1460. The average Bonchev–Trinajstić information content (AvgIpc) is 3.24. The Morgan fingerprint density at radius 1 is 0.812 bits per heavy atom. The van der Waals surface area contributed by atoms with E-state index in [1.54, 1.807) is 0 Å². The van der Waals surface area contributed by atoms with Crippen LogP contribution in [0.4, 0.5) is 0 Å². The zero-order valence-electron chi connectivity index (χ0n) is 18.0. The van der Waals surface area contributed by atoms with Gasteiger partial charge in [0.2, 0.25) is 0 Å². The van der Waals surface area contributed by atoms with E-state index in [1.807, 2.05) is 12.1 Å². The van der Waals surface area contributed by atoms with Crippen molar-refractivity contribution >= 4 is 22.1 Å². The van der Waals surface area contributed by atoms with Crippen LogP contribution in [0.2, 0.25) is 0 Å². The van der Waals surface area contributed by atoms with Crippen molar-refractivity contribution in [2.75, 3.05) is 0 Å². The van der Waals surface area contributed by atoms with Gasteiger partial charge < -0.3 is 0 Å². The van der Waals surface area contributed by atoms with Gasteiger partial charge in [-0.3, -0.25) is 9.69 Å². The predicted octanol–water partition coefficient (Wildman–Crippen LogP) is 6.15. The third-order valence-electron chi connectivity index (χ3n) is 7.87. The van der Waals surface area contributed by atoms with Gasteiger partial charge in [-0.2, -0.15) is 0 Å². The molecule has 2 aliphatic heterocycles. The molecule has 3 aliphatic rings. The second kappa shape index (κ2) is 6.27. The Morgan fingerprint density at radius 2 is 1.53 bits per heavy atom. The van der Waals surface area contributed by atoms with Gasteiger partial charge in [-0.05, 0) is 57.5 Å². The molecule has 0 saturated carbocycles. The highest BCUT2D eigenvalue weighted by molar-refractivity contribution is 6.26. The van der Waals surface area contributed by atoms with Crippen molar-refractivity contribution in [2.24, 2.45) is 0 Å². The lowest BCUT2D eigenvalue weighted by Gasteiger charge is -2.43. The Balaban J connectivity index is 1.58. The van der Waals surface area contributed by atoms with Gasteiger partial charge in [0.1, 0.15) is 5.54 Å². The standard InChI is InChI=1S/C30H23NO/c1-19-26-17-22-11-5-6-12-23(22)18-31(26)30(28(19)21-9-3-2-4-10-21)25-16-8-14-20-13-7-15-24(27(20)25)29(30)32/h2-16,26H,17-18H2,1H3/t26-,30-/m0/s1. The molecule has 0 amide bonds. The second-order valence-corrected chi connectivity index (χ2v) is 9.29. The Morgan fingerprint density at radius 3 is 2.34 bits per heavy atom. The minimum Gasteiger partial charge on any atom is -0.291 e. The van der Waals surface area contributed by atoms with Crippen LogP contribution >= 0.6 is 0 Å². The first-order valence-corrected chi connectivity index (χ1v) is 11.4. The lowest BCUT2D eigenvalue weighted by atomic mass is 9.78. The average molecular weight is 414 g/mol. The summed E-state index contributed by atoms with van der Waals surface area (Å²) in [5.74, 6) is 0.226. The molecule has 2 nitrogen and oxygen atoms in total. The SMILES string of the molecule is CC1=C(c2ccccc2)[C@@]2(C(=O)c3cccc4cccc2c34)N2Cc3ccccc3C[C@@H]12. The molecule has 2 heteroatoms. The number of ketones is 1. The van der Waals surface area contributed by atoms with Crippen molar-refractivity contribution in [1.82, 2.24) is 4.90 Å². The zero-order valence-corrected chi connectivity index (χ0v) is 18.0. The Kier molecular flexibility index (Phi) is 3.55. The maximum atomic E-state index is 14.5. The number of carbonyl (C=O) groups is 1. The van der Waals surface area contributed by atoms with Gasteiger partial charge in [-0.25, -0.2) is 0 Å². The van der Waals surface area contributed by atoms with Crippen LogP contribution in [-0.4, -0.2) is 16.7 Å². The molecule has 4 aromatic carbocycles. The molecular weight excluding hydrogens is 390 g/mol. The van der Waals surface area contributed by atoms with E-state index in [4.69, 9.17) is 0 Å². The zero-order chi connectivity index (χ0) is 21.4. The summed E-state index contributed by atoms with van der Waals surface area (Å²) in [6, 6.07) is 32.1. The fraction of sp³-hybridized carbons (Fsp3) is 0.167. The summed E-state index contributed by atoms with van der Waals surface area (Å²) >= 11 is 0. The van der Waals surface area contributed by atoms with Crippen LogP contribution in [0, 0.1) is 0 Å². The first kappa shape index (κ1) is 18.1. The number of benzene rings is 4. The second-order valence-electron chi connectivity index (χ2n) is 9.29. The van der Waals surface area contributed by atoms with E-state index in [-0.39, 0.29) is 11.8 Å². The summed E-state index contributed by atoms with van der Waals surface area (Å²) in [6.07, 6.45) is 0.944. The molecule has 0 aromatic heterocycles. The molecule has 0 unspecified atom stereocenters. The van der Waals surface area contributed by atoms with Gasteiger partial charge in [-0.15, -0.1) is 0 Å². The minimum absolute atomic E-state index is 0.216. The van der Waals surface area contributed by atoms with Gasteiger partial charge in [0.25, 0.3) is 0 Å². The van der Waals surface area contributed by atoms with Crippen LogP contribution < -0.4 is 0 Å². The summed E-state index contributed by atoms with van der Waals surface area (Å²) < 4.78 is 0. The van der Waals surface area contributed by atoms with Gasteiger partial charge in [0, 0.05) is 18.2 Å². The Labute approximate surface area is 187 Å². The summed E-state index contributed by atoms with van der Waals surface area (Å²) in [6.45, 7) is 3.03. The van der Waals surface area contributed by atoms with Crippen LogP contribution in [0.25, 0.3) is 16.3 Å². The summed E-state index contributed by atoms with van der Waals surface area (Å²) in [4.78, 5) is 17.0. The molecule has 1 aliphatic carbocycles. The molecule has 32 heavy (non-hydrogen) atoms. The van der Waals surface area contributed by atoms with Crippen molar-refractivity contribution in [3.05, 3.63) is 124 Å². The molecule has 0 bridgehead atoms. The highest BCUT2D eigenvalue weighted by atomic mass is 16.1. The van der Waals surface area contributed by atoms with Gasteiger partial charge >= 0.3 is 0 Å². The van der Waals surface area contributed by atoms with Gasteiger partial charge in [-0.1, -0.05) is 91.0 Å². The fourth-order valence-electron chi connectivity index (χ4n) is 6.58. The molecule has 0 N–H and O–H groups in total. The molecule has 1 spiro atoms. The van der Waals surface area contributed by atoms with E-state index in [0.29, 0.717) is 0 Å². The maximum absolute atomic E-state index is 14.5. The molecule has 7 rings (SSSR count). The highest BCUT2D eigenvalue weighted by Gasteiger charge is 2.61. The molecule has 2 heterocycles. The number of hydrogen-bond acceptors (Lipinski definition) is 2. The molecule has 0 fully saturated rings. The van der Waals surface area contributed by atoms with Crippen molar-refractivity contribution in [3.63, 3.8) is 0 Å². The van der Waals surface area contributed by atoms with Crippen molar-refractivity contribution in [3.8, 4) is 0 Å². The fourth-order valence-corrected chi connectivity index (χ4v) is 6.58. The molecule has 0 radical (unpaired) electrons. The van der Waals surface area contributed by atoms with Crippen molar-refractivity contribution in [1.29, 1.82) is 0 Å². The van der Waals surface area contributed by atoms with E-state index in [0.717, 1.165) is 40.4 Å². The normalized spacial score (nSPS) is 23.8. The first-order chi connectivity index (χ1) is 15.7. The van der Waals surface area contributed by atoms with E-state index in [2.05, 4.69) is 90.7 Å². The van der Waals surface area contributed by atoms with Crippen molar-refractivity contribution in [2.45, 2.75) is 31.5 Å². The lowest BCUT2D eigenvalue weighted by Crippen LogP contribution is -2.52. The summed E-state index contributed by atoms with van der Waals surface area (Å²) in [5, 5.41) is 2.27. The van der Waals surface area contributed by atoms with Crippen LogP contribution in [0.15, 0.2) is 96.6 Å². The number of Topliss-reactive ketones (excluding diaryl/α,β-unsaturated/α-hetero) is 1. The summed E-state index contributed by atoms with van der Waals surface area (Å²) in [7, 11) is 0. The molecular formula is C30H23NO. The van der Waals surface area contributed by atoms with Crippen LogP contribution in [0.5, 0.6) is 0 Å². The molecule has 154 valence electrons. The number of nitrogens with zero attached hydrogens (tertiary/aromatic N) is 1. The minimum atomic E-state index is -0.771. The van der Waals surface area contributed by atoms with Crippen molar-refractivity contribution < 1.29 is 4.79 Å². The van der Waals surface area contributed by atoms with Crippen LogP contribution in [-0.2, 0) is 18.5 Å². The topological polar surface area (TPSA) is 20.3 Å². The quantitative estimate of drug-likeness (QED) is 0.373. The summed E-state index contributed by atoms with van der Waals surface area (Å²) in [5.41, 5.74) is 7.64. The maximum Gasteiger partial charge on any atom is 0.192 e. The number of rotatable bonds is 1. The van der Waals surface area contributed by atoms with Gasteiger partial charge in [0.15, 0.2) is 5.78 Å². The smallest absolute Gasteiger partial charge is 0.192 e. The first-order valence-electron chi connectivity index (χ1n) is 11.4.